The van der Waals surface area contributed by atoms with Crippen LogP contribution in [-0.2, 0) is 6.42 Å². The molecule has 1 rings (SSSR count). The molecule has 0 aliphatic heterocycles. The lowest BCUT2D eigenvalue weighted by Crippen LogP contribution is -2.15. The van der Waals surface area contributed by atoms with Crippen LogP contribution in [0.15, 0.2) is 18.2 Å². The van der Waals surface area contributed by atoms with Crippen LogP contribution < -0.4 is 0 Å². The molecule has 0 fully saturated rings. The van der Waals surface area contributed by atoms with E-state index in [0.29, 0.717) is 4.83 Å². The molecule has 1 heteroatoms. The van der Waals surface area contributed by atoms with Crippen LogP contribution in [-0.4, -0.2) is 4.83 Å². The van der Waals surface area contributed by atoms with E-state index >= 15 is 0 Å². The van der Waals surface area contributed by atoms with Gasteiger partial charge in [0, 0.05) is 4.83 Å². The van der Waals surface area contributed by atoms with E-state index in [1.54, 1.807) is 0 Å². The van der Waals surface area contributed by atoms with Gasteiger partial charge in [0.2, 0.25) is 0 Å². The summed E-state index contributed by atoms with van der Waals surface area (Å²) >= 11 is 3.84. The molecule has 90 valence electrons. The lowest BCUT2D eigenvalue weighted by molar-refractivity contribution is 0.475. The number of benzene rings is 1. The molecular formula is C15H23Br. The maximum absolute atomic E-state index is 3.84. The zero-order valence-electron chi connectivity index (χ0n) is 10.9. The van der Waals surface area contributed by atoms with Gasteiger partial charge in [0.1, 0.15) is 0 Å². The molecule has 0 amide bonds. The summed E-state index contributed by atoms with van der Waals surface area (Å²) in [4.78, 5) is 0.615. The highest BCUT2D eigenvalue weighted by atomic mass is 79.9. The van der Waals surface area contributed by atoms with Crippen molar-refractivity contribution in [2.75, 3.05) is 0 Å². The Hall–Kier alpha value is -0.300. The van der Waals surface area contributed by atoms with Crippen molar-refractivity contribution in [1.29, 1.82) is 0 Å². The van der Waals surface area contributed by atoms with Crippen LogP contribution in [0.4, 0.5) is 0 Å². The van der Waals surface area contributed by atoms with Crippen LogP contribution >= 0.6 is 15.9 Å². The Balaban J connectivity index is 2.69. The van der Waals surface area contributed by atoms with Crippen LogP contribution in [0.25, 0.3) is 0 Å². The average molecular weight is 283 g/mol. The van der Waals surface area contributed by atoms with Crippen molar-refractivity contribution >= 4 is 15.9 Å². The summed E-state index contributed by atoms with van der Waals surface area (Å²) in [5, 5.41) is 0. The van der Waals surface area contributed by atoms with Crippen molar-refractivity contribution in [2.24, 2.45) is 5.92 Å². The van der Waals surface area contributed by atoms with Gasteiger partial charge in [0.25, 0.3) is 0 Å². The molecule has 0 bridgehead atoms. The van der Waals surface area contributed by atoms with Crippen molar-refractivity contribution in [2.45, 2.75) is 51.8 Å². The second-order valence-corrected chi connectivity index (χ2v) is 5.89. The zero-order valence-corrected chi connectivity index (χ0v) is 12.5. The smallest absolute Gasteiger partial charge is 0.0214 e. The van der Waals surface area contributed by atoms with Gasteiger partial charge in [-0.25, -0.2) is 0 Å². The first-order chi connectivity index (χ1) is 7.58. The fraction of sp³-hybridized carbons (Fsp3) is 0.600. The van der Waals surface area contributed by atoms with Gasteiger partial charge in [0.05, 0.1) is 0 Å². The summed E-state index contributed by atoms with van der Waals surface area (Å²) in [6.07, 6.45) is 3.67. The van der Waals surface area contributed by atoms with Crippen molar-refractivity contribution in [3.63, 3.8) is 0 Å². The standard InChI is InChI=1S/C15H23Br/c1-5-14(6-2)15(16)10-13-8-7-11(3)12(4)9-13/h7-9,14-15H,5-6,10H2,1-4H3. The molecule has 0 heterocycles. The van der Waals surface area contributed by atoms with Gasteiger partial charge in [-0.3, -0.25) is 0 Å². The highest BCUT2D eigenvalue weighted by molar-refractivity contribution is 9.09. The normalized spacial score (nSPS) is 13.1. The molecule has 0 nitrogen and oxygen atoms in total. The van der Waals surface area contributed by atoms with Gasteiger partial charge in [-0.05, 0) is 42.9 Å². The quantitative estimate of drug-likeness (QED) is 0.664. The molecule has 0 saturated carbocycles. The topological polar surface area (TPSA) is 0 Å². The summed E-state index contributed by atoms with van der Waals surface area (Å²) in [5.41, 5.74) is 4.25. The van der Waals surface area contributed by atoms with Crippen LogP contribution in [0, 0.1) is 19.8 Å². The van der Waals surface area contributed by atoms with E-state index in [4.69, 9.17) is 0 Å². The van der Waals surface area contributed by atoms with Crippen LogP contribution in [0.1, 0.15) is 43.4 Å². The maximum atomic E-state index is 3.84. The SMILES string of the molecule is CCC(CC)C(Br)Cc1ccc(C)c(C)c1. The Morgan fingerprint density at radius 1 is 1.06 bits per heavy atom. The van der Waals surface area contributed by atoms with Crippen molar-refractivity contribution < 1.29 is 0 Å². The van der Waals surface area contributed by atoms with Crippen LogP contribution in [0.2, 0.25) is 0 Å². The van der Waals surface area contributed by atoms with E-state index in [1.807, 2.05) is 0 Å². The van der Waals surface area contributed by atoms with Gasteiger partial charge in [-0.1, -0.05) is 60.8 Å². The molecule has 0 saturated heterocycles. The Morgan fingerprint density at radius 2 is 1.69 bits per heavy atom. The molecule has 0 spiro atoms. The van der Waals surface area contributed by atoms with E-state index in [-0.39, 0.29) is 0 Å². The fourth-order valence-electron chi connectivity index (χ4n) is 2.12. The number of alkyl halides is 1. The second kappa shape index (κ2) is 6.44. The van der Waals surface area contributed by atoms with Crippen LogP contribution in [0.5, 0.6) is 0 Å². The lowest BCUT2D eigenvalue weighted by atomic mass is 9.94. The van der Waals surface area contributed by atoms with E-state index in [9.17, 15) is 0 Å². The Kier molecular flexibility index (Phi) is 5.54. The molecule has 16 heavy (non-hydrogen) atoms. The molecule has 0 aromatic heterocycles. The van der Waals surface area contributed by atoms with Crippen molar-refractivity contribution in [1.82, 2.24) is 0 Å². The first-order valence-electron chi connectivity index (χ1n) is 6.28. The highest BCUT2D eigenvalue weighted by Gasteiger charge is 2.15. The van der Waals surface area contributed by atoms with Crippen molar-refractivity contribution in [3.8, 4) is 0 Å². The third-order valence-corrected chi connectivity index (χ3v) is 4.63. The monoisotopic (exact) mass is 282 g/mol. The first-order valence-corrected chi connectivity index (χ1v) is 7.20. The van der Waals surface area contributed by atoms with Gasteiger partial charge in [-0.15, -0.1) is 0 Å². The van der Waals surface area contributed by atoms with Gasteiger partial charge >= 0.3 is 0 Å². The van der Waals surface area contributed by atoms with Crippen LogP contribution in [0.3, 0.4) is 0 Å². The molecule has 0 radical (unpaired) electrons. The molecule has 0 aliphatic rings. The van der Waals surface area contributed by atoms with E-state index in [1.165, 1.54) is 29.5 Å². The van der Waals surface area contributed by atoms with Gasteiger partial charge in [0.15, 0.2) is 0 Å². The number of halogens is 1. The minimum Gasteiger partial charge on any atom is -0.0884 e. The Morgan fingerprint density at radius 3 is 2.19 bits per heavy atom. The minimum absolute atomic E-state index is 0.615. The Labute approximate surface area is 109 Å². The Bertz CT molecular complexity index is 326. The first kappa shape index (κ1) is 13.8. The second-order valence-electron chi connectivity index (χ2n) is 4.72. The average Bonchev–Trinajstić information content (AvgIpc) is 2.25. The third-order valence-electron chi connectivity index (χ3n) is 3.56. The summed E-state index contributed by atoms with van der Waals surface area (Å²) < 4.78 is 0. The fourth-order valence-corrected chi connectivity index (χ4v) is 3.24. The molecule has 0 aliphatic carbocycles. The van der Waals surface area contributed by atoms with Gasteiger partial charge in [-0.2, -0.15) is 0 Å². The molecular weight excluding hydrogens is 260 g/mol. The summed E-state index contributed by atoms with van der Waals surface area (Å²) in [5.74, 6) is 0.793. The molecule has 1 aromatic rings. The lowest BCUT2D eigenvalue weighted by Gasteiger charge is -2.20. The van der Waals surface area contributed by atoms with E-state index in [2.05, 4.69) is 61.8 Å². The van der Waals surface area contributed by atoms with Gasteiger partial charge < -0.3 is 0 Å². The summed E-state index contributed by atoms with van der Waals surface area (Å²) in [7, 11) is 0. The number of hydrogen-bond acceptors (Lipinski definition) is 0. The number of aryl methyl sites for hydroxylation is 2. The predicted molar refractivity (Wildman–Crippen MR) is 76.4 cm³/mol. The number of rotatable bonds is 5. The summed E-state index contributed by atoms with van der Waals surface area (Å²) in [6, 6.07) is 6.82. The highest BCUT2D eigenvalue weighted by Crippen LogP contribution is 2.24. The molecule has 1 aromatic carbocycles. The maximum Gasteiger partial charge on any atom is 0.0214 e. The predicted octanol–water partition coefficient (Wildman–Crippen LogP) is 5.05. The largest absolute Gasteiger partial charge is 0.0884 e. The molecule has 1 atom stereocenters. The van der Waals surface area contributed by atoms with E-state index in [0.717, 1.165) is 12.3 Å². The summed E-state index contributed by atoms with van der Waals surface area (Å²) in [6.45, 7) is 8.93. The molecule has 1 unspecified atom stereocenters. The third kappa shape index (κ3) is 3.62. The minimum atomic E-state index is 0.615. The van der Waals surface area contributed by atoms with Crippen molar-refractivity contribution in [3.05, 3.63) is 34.9 Å². The number of hydrogen-bond donors (Lipinski definition) is 0. The van der Waals surface area contributed by atoms with E-state index < -0.39 is 0 Å². The zero-order chi connectivity index (χ0) is 12.1. The molecule has 0 N–H and O–H groups in total.